The van der Waals surface area contributed by atoms with Gasteiger partial charge in [-0.15, -0.1) is 0 Å². The topological polar surface area (TPSA) is 133 Å². The van der Waals surface area contributed by atoms with Crippen molar-refractivity contribution in [2.24, 2.45) is 23.7 Å². The molecule has 4 fully saturated rings. The molecule has 1 unspecified atom stereocenters. The monoisotopic (exact) mass is 775 g/mol. The molecule has 12 nitrogen and oxygen atoms in total. The second kappa shape index (κ2) is 15.9. The first kappa shape index (κ1) is 40.4. The number of fused-ring (bicyclic) bond motifs is 4. The van der Waals surface area contributed by atoms with Gasteiger partial charge in [0.25, 0.3) is 0 Å². The zero-order valence-corrected chi connectivity index (χ0v) is 34.0. The quantitative estimate of drug-likeness (QED) is 0.143. The van der Waals surface area contributed by atoms with Crippen molar-refractivity contribution in [2.75, 3.05) is 53.4 Å². The molecular formula is C44H61N3O9+2. The molecule has 0 amide bonds. The second-order valence-electron chi connectivity index (χ2n) is 17.7. The molecule has 5 aliphatic heterocycles. The summed E-state index contributed by atoms with van der Waals surface area (Å²) in [6.07, 6.45) is 4.19. The maximum absolute atomic E-state index is 13.9. The van der Waals surface area contributed by atoms with E-state index in [4.69, 9.17) is 23.7 Å². The van der Waals surface area contributed by atoms with Crippen LogP contribution in [0.3, 0.4) is 0 Å². The normalized spacial score (nSPS) is 36.9. The zero-order valence-electron chi connectivity index (χ0n) is 34.0. The molecule has 4 bridgehead atoms. The third-order valence-corrected chi connectivity index (χ3v) is 13.9. The third-order valence-electron chi connectivity index (χ3n) is 13.9. The Morgan fingerprint density at radius 2 is 1.73 bits per heavy atom. The lowest BCUT2D eigenvalue weighted by molar-refractivity contribution is -1.08. The maximum Gasteiger partial charge on any atom is 0.355 e. The Balaban J connectivity index is 1.12. The first-order chi connectivity index (χ1) is 26.6. The number of ether oxygens (including phenoxy) is 5. The number of methoxy groups -OCH3 is 1. The van der Waals surface area contributed by atoms with Gasteiger partial charge in [0.1, 0.15) is 75.9 Å². The number of quaternary nitrogens is 2. The summed E-state index contributed by atoms with van der Waals surface area (Å²) < 4.78 is 33.5. The predicted octanol–water partition coefficient (Wildman–Crippen LogP) is 4.84. The van der Waals surface area contributed by atoms with Crippen LogP contribution in [0, 0.1) is 23.7 Å². The number of hydrogen-bond acceptors (Lipinski definition) is 9. The smallest absolute Gasteiger partial charge is 0.355 e. The average molecular weight is 776 g/mol. The molecule has 1 aromatic carbocycles. The maximum atomic E-state index is 13.9. The number of carbonyl (C=O) groups is 3. The number of aromatic nitrogens is 1. The number of likely N-dealkylation sites (N-methyl/N-ethyl adjacent to an activating group) is 1. The highest BCUT2D eigenvalue weighted by Gasteiger charge is 2.58. The molecule has 0 saturated carbocycles. The fraction of sp³-hybridized carbons (Fsp3) is 0.614. The van der Waals surface area contributed by atoms with Gasteiger partial charge in [0.2, 0.25) is 0 Å². The molecule has 304 valence electrons. The zero-order chi connectivity index (χ0) is 40.0. The second-order valence-corrected chi connectivity index (χ2v) is 17.7. The van der Waals surface area contributed by atoms with Gasteiger partial charge in [-0.1, -0.05) is 44.2 Å². The van der Waals surface area contributed by atoms with Crippen molar-refractivity contribution in [3.05, 3.63) is 83.2 Å². The van der Waals surface area contributed by atoms with Gasteiger partial charge in [-0.3, -0.25) is 0 Å². The van der Waals surface area contributed by atoms with E-state index in [1.165, 1.54) is 26.7 Å². The third kappa shape index (κ3) is 7.87. The van der Waals surface area contributed by atoms with E-state index < -0.39 is 66.1 Å². The first-order valence-electron chi connectivity index (χ1n) is 20.4. The van der Waals surface area contributed by atoms with E-state index >= 15 is 0 Å². The average Bonchev–Trinajstić information content (AvgIpc) is 3.83. The van der Waals surface area contributed by atoms with Gasteiger partial charge in [-0.05, 0) is 63.5 Å². The van der Waals surface area contributed by atoms with Crippen molar-refractivity contribution in [3.63, 3.8) is 0 Å². The van der Waals surface area contributed by atoms with Crippen LogP contribution in [0.25, 0.3) is 0 Å². The molecule has 0 radical (unpaired) electrons. The van der Waals surface area contributed by atoms with Crippen molar-refractivity contribution in [1.82, 2.24) is 4.98 Å². The highest BCUT2D eigenvalue weighted by Crippen LogP contribution is 2.53. The highest BCUT2D eigenvalue weighted by atomic mass is 16.6. The molecule has 6 aliphatic rings. The van der Waals surface area contributed by atoms with Crippen molar-refractivity contribution in [1.29, 1.82) is 0 Å². The minimum atomic E-state index is -0.910. The van der Waals surface area contributed by atoms with Crippen molar-refractivity contribution in [2.45, 2.75) is 96.2 Å². The summed E-state index contributed by atoms with van der Waals surface area (Å²) in [4.78, 5) is 43.8. The van der Waals surface area contributed by atoms with E-state index in [0.29, 0.717) is 17.7 Å². The van der Waals surface area contributed by atoms with E-state index in [9.17, 15) is 19.5 Å². The number of esters is 3. The number of hydrogen-bond donors (Lipinski definition) is 2. The van der Waals surface area contributed by atoms with E-state index in [0.717, 1.165) is 46.3 Å². The number of rotatable bonds is 11. The molecule has 56 heavy (non-hydrogen) atoms. The van der Waals surface area contributed by atoms with Gasteiger partial charge < -0.3 is 42.7 Å². The number of carbonyl (C=O) groups excluding carboxylic acids is 3. The van der Waals surface area contributed by atoms with Crippen LogP contribution < -0.4 is 0 Å². The molecule has 2 aromatic rings. The van der Waals surface area contributed by atoms with Crippen molar-refractivity contribution >= 4 is 17.9 Å². The van der Waals surface area contributed by atoms with Gasteiger partial charge in [-0.2, -0.15) is 0 Å². The van der Waals surface area contributed by atoms with E-state index in [-0.39, 0.29) is 24.2 Å². The van der Waals surface area contributed by atoms with Gasteiger partial charge in [0, 0.05) is 42.5 Å². The minimum Gasteiger partial charge on any atom is -0.456 e. The van der Waals surface area contributed by atoms with E-state index in [2.05, 4.69) is 36.3 Å². The molecule has 1 aliphatic carbocycles. The summed E-state index contributed by atoms with van der Waals surface area (Å²) in [6.45, 7) is 17.2. The number of piperazine rings is 3. The molecule has 12 heteroatoms. The van der Waals surface area contributed by atoms with Gasteiger partial charge >= 0.3 is 17.9 Å². The standard InChI is InChI=1S/C44H60N3O9/c1-27-22-28(2)44-25-34(40(56-44)39(29(3)30(4)48)55-42(50)36-12-9-15-45-36)13-14-35(44)24-37(52-7)43(51)54-38(27)31(5)53-41(49)33-11-8-10-32(23-33)26-47-19-16-46(6,17-20-47)18-21-47/h8-15,22-23,27,29-31,34-35,37-40,48H,16-21,24-26H2,1-7H3/q+1/p+1/b28-22+/t27-,29-,30+,31-,34-,35?,37+,38+,39-,40-,44+,46?,47?/m1/s1. The molecule has 4 saturated heterocycles. The lowest BCUT2D eigenvalue weighted by Crippen LogP contribution is -2.73. The Kier molecular flexibility index (Phi) is 11.4. The molecule has 1 spiro atoms. The van der Waals surface area contributed by atoms with Crippen LogP contribution in [0.15, 0.2) is 66.4 Å². The predicted molar refractivity (Wildman–Crippen MR) is 208 cm³/mol. The summed E-state index contributed by atoms with van der Waals surface area (Å²) in [6, 6.07) is 11.1. The summed E-state index contributed by atoms with van der Waals surface area (Å²) in [5.74, 6) is -2.70. The summed E-state index contributed by atoms with van der Waals surface area (Å²) in [5.41, 5.74) is 2.01. The Hall–Kier alpha value is -3.81. The van der Waals surface area contributed by atoms with E-state index in [1.807, 2.05) is 32.9 Å². The fourth-order valence-corrected chi connectivity index (χ4v) is 9.96. The number of aliphatic hydroxyl groups is 1. The Morgan fingerprint density at radius 1 is 1.00 bits per heavy atom. The Labute approximate surface area is 330 Å². The largest absolute Gasteiger partial charge is 0.456 e. The van der Waals surface area contributed by atoms with Gasteiger partial charge in [-0.25, -0.2) is 14.4 Å². The van der Waals surface area contributed by atoms with Crippen LogP contribution >= 0.6 is 0 Å². The van der Waals surface area contributed by atoms with Crippen molar-refractivity contribution < 1.29 is 52.1 Å². The summed E-state index contributed by atoms with van der Waals surface area (Å²) in [7, 11) is 3.85. The molecule has 8 rings (SSSR count). The van der Waals surface area contributed by atoms with Crippen LogP contribution in [-0.2, 0) is 35.0 Å². The van der Waals surface area contributed by atoms with Crippen LogP contribution in [-0.4, -0.2) is 133 Å². The van der Waals surface area contributed by atoms with E-state index in [1.54, 1.807) is 38.2 Å². The molecule has 6 heterocycles. The molecule has 1 aromatic heterocycles. The van der Waals surface area contributed by atoms with Crippen molar-refractivity contribution in [3.8, 4) is 0 Å². The fourth-order valence-electron chi connectivity index (χ4n) is 9.96. The minimum absolute atomic E-state index is 0.121. The lowest BCUT2D eigenvalue weighted by Gasteiger charge is -2.54. The number of nitrogens with one attached hydrogen (secondary N) is 1. The summed E-state index contributed by atoms with van der Waals surface area (Å²) in [5, 5.41) is 10.7. The van der Waals surface area contributed by atoms with Crippen LogP contribution in [0.4, 0.5) is 0 Å². The Morgan fingerprint density at radius 3 is 2.39 bits per heavy atom. The number of aliphatic hydroxyl groups excluding tert-OH is 1. The number of nitrogens with zero attached hydrogens (tertiary/aromatic N) is 2. The molecule has 2 N–H and O–H groups in total. The molecular weight excluding hydrogens is 714 g/mol. The Bertz CT molecular complexity index is 1800. The number of benzene rings is 1. The highest BCUT2D eigenvalue weighted by molar-refractivity contribution is 5.89. The number of cyclic esters (lactones) is 1. The van der Waals surface area contributed by atoms with Crippen LogP contribution in [0.1, 0.15) is 73.9 Å². The lowest BCUT2D eigenvalue weighted by atomic mass is 9.69. The SMILES string of the molecule is CO[C@H]1CC2C=C[C@@H]3C[C@]2(O[C@H]3[C@H](OC(=O)c2ccc[nH]2)[C@H](C)[C@H](C)O)/C(C)=C/[C@@H](C)[C@@H]([C@@H](C)OC(=O)c2cccc(C[N+]34CC[N+](C)(CC3)CC4)c2)OC1=O. The number of aromatic amines is 1. The number of H-pyrrole nitrogens is 1. The van der Waals surface area contributed by atoms with Gasteiger partial charge in [0.15, 0.2) is 6.10 Å². The first-order valence-corrected chi connectivity index (χ1v) is 20.4. The van der Waals surface area contributed by atoms with Crippen LogP contribution in [0.2, 0.25) is 0 Å². The summed E-state index contributed by atoms with van der Waals surface area (Å²) >= 11 is 0. The molecule has 11 atom stereocenters. The van der Waals surface area contributed by atoms with Crippen LogP contribution in [0.5, 0.6) is 0 Å². The van der Waals surface area contributed by atoms with Gasteiger partial charge in [0.05, 0.1) is 24.3 Å².